The molecule has 0 bridgehead atoms. The van der Waals surface area contributed by atoms with Gasteiger partial charge in [-0.1, -0.05) is 91.0 Å². The van der Waals surface area contributed by atoms with E-state index >= 15 is 0 Å². The van der Waals surface area contributed by atoms with Gasteiger partial charge in [0, 0.05) is 38.9 Å². The SMILES string of the molecule is NC(=O)CC(NC(=O)C1CCCN1C(=O)C(N)CCCN=C(N)N)C(=O)NCC(=O)NC(Cc1ccccc1)C(=O)NC(CO)C(=O)NC(Cc1ccccc1)C(=O)NC(Cc1ccccc1)C(=O)NC(CCCN=C(N)N)C(=O)O. The van der Waals surface area contributed by atoms with E-state index in [0.717, 1.165) is 0 Å². The lowest BCUT2D eigenvalue weighted by molar-refractivity contribution is -0.142. The lowest BCUT2D eigenvalue weighted by Crippen LogP contribution is -2.60. The molecule has 81 heavy (non-hydrogen) atoms. The van der Waals surface area contributed by atoms with Crippen molar-refractivity contribution < 1.29 is 58.2 Å². The summed E-state index contributed by atoms with van der Waals surface area (Å²) < 4.78 is 0. The number of aliphatic hydroxyl groups excluding tert-OH is 1. The van der Waals surface area contributed by atoms with Crippen molar-refractivity contribution >= 4 is 71.1 Å². The second-order valence-corrected chi connectivity index (χ2v) is 19.1. The van der Waals surface area contributed by atoms with Gasteiger partial charge in [-0.2, -0.15) is 0 Å². The summed E-state index contributed by atoms with van der Waals surface area (Å²) in [5.41, 5.74) is 34.7. The number of carboxylic acid groups (broad SMARTS) is 1. The zero-order chi connectivity index (χ0) is 59.4. The molecule has 1 heterocycles. The van der Waals surface area contributed by atoms with E-state index in [4.69, 9.17) is 34.4 Å². The van der Waals surface area contributed by atoms with Crippen LogP contribution in [0.15, 0.2) is 101 Å². The first-order valence-corrected chi connectivity index (χ1v) is 26.1. The number of carboxylic acids is 1. The Morgan fingerprint density at radius 1 is 0.556 bits per heavy atom. The molecular formula is C53H74N16O12. The number of amides is 9. The van der Waals surface area contributed by atoms with Gasteiger partial charge in [0.25, 0.3) is 0 Å². The first-order chi connectivity index (χ1) is 38.6. The Morgan fingerprint density at radius 2 is 0.988 bits per heavy atom. The maximum absolute atomic E-state index is 14.3. The van der Waals surface area contributed by atoms with Gasteiger partial charge in [0.15, 0.2) is 11.9 Å². The van der Waals surface area contributed by atoms with Crippen molar-refractivity contribution in [2.45, 2.75) is 113 Å². The van der Waals surface area contributed by atoms with Crippen LogP contribution in [-0.4, -0.2) is 167 Å². The maximum Gasteiger partial charge on any atom is 0.326 e. The number of hydrogen-bond donors (Lipinski definition) is 15. The van der Waals surface area contributed by atoms with Crippen LogP contribution in [0.2, 0.25) is 0 Å². The molecule has 438 valence electrons. The van der Waals surface area contributed by atoms with Crippen molar-refractivity contribution in [2.24, 2.45) is 44.4 Å². The second kappa shape index (κ2) is 33.3. The summed E-state index contributed by atoms with van der Waals surface area (Å²) in [6, 6.07) is 14.3. The van der Waals surface area contributed by atoms with E-state index in [1.807, 2.05) is 0 Å². The number of primary amides is 1. The van der Waals surface area contributed by atoms with Crippen molar-refractivity contribution in [3.8, 4) is 0 Å². The Morgan fingerprint density at radius 3 is 1.43 bits per heavy atom. The first kappa shape index (κ1) is 64.3. The number of aliphatic carboxylic acids is 1. The Bertz CT molecular complexity index is 2680. The molecule has 3 aromatic rings. The molecule has 0 radical (unpaired) electrons. The van der Waals surface area contributed by atoms with Gasteiger partial charge in [-0.3, -0.25) is 53.1 Å². The Kier molecular flexibility index (Phi) is 26.5. The number of aliphatic hydroxyl groups is 1. The molecule has 8 atom stereocenters. The normalized spacial score (nSPS) is 15.3. The van der Waals surface area contributed by atoms with E-state index in [0.29, 0.717) is 29.5 Å². The molecule has 21 N–H and O–H groups in total. The molecule has 0 spiro atoms. The highest BCUT2D eigenvalue weighted by molar-refractivity contribution is 5.98. The van der Waals surface area contributed by atoms with E-state index in [-0.39, 0.29) is 76.5 Å². The average Bonchev–Trinajstić information content (AvgIpc) is 3.95. The predicted octanol–water partition coefficient (Wildman–Crippen LogP) is -4.88. The van der Waals surface area contributed by atoms with Gasteiger partial charge in [-0.05, 0) is 55.2 Å². The fraction of sp³-hybridized carbons (Fsp3) is 0.434. The van der Waals surface area contributed by atoms with Gasteiger partial charge in [0.1, 0.15) is 42.3 Å². The molecule has 1 aliphatic rings. The van der Waals surface area contributed by atoms with Crippen molar-refractivity contribution in [2.75, 3.05) is 32.8 Å². The highest BCUT2D eigenvalue weighted by atomic mass is 16.4. The number of carbonyl (C=O) groups is 10. The lowest BCUT2D eigenvalue weighted by atomic mass is 10.0. The number of nitrogens with zero attached hydrogens (tertiary/aromatic N) is 3. The molecular weight excluding hydrogens is 1050 g/mol. The quantitative estimate of drug-likeness (QED) is 0.0154. The van der Waals surface area contributed by atoms with Gasteiger partial charge in [0.2, 0.25) is 53.2 Å². The number of rotatable bonds is 33. The van der Waals surface area contributed by atoms with E-state index in [2.05, 4.69) is 47.2 Å². The molecule has 28 heteroatoms. The van der Waals surface area contributed by atoms with Gasteiger partial charge in [-0.25, -0.2) is 4.79 Å². The number of carbonyl (C=O) groups excluding carboxylic acids is 9. The lowest BCUT2D eigenvalue weighted by Gasteiger charge is -2.28. The van der Waals surface area contributed by atoms with Crippen molar-refractivity contribution in [1.82, 2.24) is 42.1 Å². The van der Waals surface area contributed by atoms with Crippen LogP contribution in [0, 0.1) is 0 Å². The molecule has 3 aromatic carbocycles. The molecule has 9 amide bonds. The zero-order valence-electron chi connectivity index (χ0n) is 44.7. The molecule has 1 fully saturated rings. The minimum Gasteiger partial charge on any atom is -0.480 e. The number of nitrogens with two attached hydrogens (primary N) is 6. The monoisotopic (exact) mass is 1130 g/mol. The summed E-state index contributed by atoms with van der Waals surface area (Å²) in [5.74, 6) is -9.66. The van der Waals surface area contributed by atoms with Crippen LogP contribution in [0.25, 0.3) is 0 Å². The Labute approximate surface area is 467 Å². The third-order valence-electron chi connectivity index (χ3n) is 12.7. The van der Waals surface area contributed by atoms with Crippen LogP contribution < -0.4 is 71.6 Å². The number of likely N-dealkylation sites (tertiary alicyclic amines) is 1. The smallest absolute Gasteiger partial charge is 0.326 e. The third kappa shape index (κ3) is 22.6. The number of hydrogen-bond acceptors (Lipinski definition) is 14. The molecule has 0 saturated carbocycles. The number of nitrogens with one attached hydrogen (secondary N) is 7. The van der Waals surface area contributed by atoms with Crippen LogP contribution >= 0.6 is 0 Å². The predicted molar refractivity (Wildman–Crippen MR) is 296 cm³/mol. The summed E-state index contributed by atoms with van der Waals surface area (Å²) in [6.45, 7) is -1.29. The second-order valence-electron chi connectivity index (χ2n) is 19.1. The Hall–Kier alpha value is -9.18. The van der Waals surface area contributed by atoms with E-state index in [1.165, 1.54) is 4.90 Å². The third-order valence-corrected chi connectivity index (χ3v) is 12.7. The maximum atomic E-state index is 14.3. The van der Waals surface area contributed by atoms with Crippen LogP contribution in [0.1, 0.15) is 61.6 Å². The molecule has 8 unspecified atom stereocenters. The molecule has 1 saturated heterocycles. The summed E-state index contributed by atoms with van der Waals surface area (Å²) in [7, 11) is 0. The van der Waals surface area contributed by atoms with Gasteiger partial charge in [0.05, 0.1) is 25.6 Å². The van der Waals surface area contributed by atoms with Crippen LogP contribution in [-0.2, 0) is 67.2 Å². The molecule has 0 aliphatic carbocycles. The summed E-state index contributed by atoms with van der Waals surface area (Å²) in [6.07, 6.45) is 0.249. The van der Waals surface area contributed by atoms with E-state index in [9.17, 15) is 58.2 Å². The van der Waals surface area contributed by atoms with Crippen LogP contribution in [0.5, 0.6) is 0 Å². The number of benzene rings is 3. The van der Waals surface area contributed by atoms with E-state index < -0.39 is 127 Å². The summed E-state index contributed by atoms with van der Waals surface area (Å²) >= 11 is 0. The minimum atomic E-state index is -1.74. The van der Waals surface area contributed by atoms with Crippen LogP contribution in [0.4, 0.5) is 0 Å². The number of guanidine groups is 2. The van der Waals surface area contributed by atoms with Gasteiger partial charge >= 0.3 is 5.97 Å². The zero-order valence-corrected chi connectivity index (χ0v) is 44.7. The molecule has 0 aromatic heterocycles. The first-order valence-electron chi connectivity index (χ1n) is 26.1. The van der Waals surface area contributed by atoms with Crippen molar-refractivity contribution in [3.05, 3.63) is 108 Å². The fourth-order valence-electron chi connectivity index (χ4n) is 8.59. The van der Waals surface area contributed by atoms with E-state index in [1.54, 1.807) is 91.0 Å². The highest BCUT2D eigenvalue weighted by Gasteiger charge is 2.38. The summed E-state index contributed by atoms with van der Waals surface area (Å²) in [4.78, 5) is 144. The van der Waals surface area contributed by atoms with Gasteiger partial charge < -0.3 is 86.7 Å². The summed E-state index contributed by atoms with van der Waals surface area (Å²) in [5, 5.41) is 37.9. The standard InChI is InChI=1S/C53H74N16O12/c54-34(19-10-22-60-52(56)57)50(79)69-24-12-21-41(69)49(78)67-39(28-42(55)71)44(73)62-29-43(72)63-36(25-31-13-4-1-5-14-31)45(74)68-40(30-70)48(77)66-38(27-33-17-8-3-9-18-33)47(76)65-37(26-32-15-6-2-7-16-32)46(75)64-35(51(80)81)20-11-23-61-53(58)59/h1-9,13-18,34-41,70H,10-12,19-30,54H2,(H2,55,71)(H,62,73)(H,63,72)(H,64,75)(H,65,76)(H,66,77)(H,67,78)(H,68,74)(H,80,81)(H4,56,57,60)(H4,58,59,61). The topological polar surface area (TPSA) is 479 Å². The van der Waals surface area contributed by atoms with Crippen molar-refractivity contribution in [3.63, 3.8) is 0 Å². The molecule has 28 nitrogen and oxygen atoms in total. The van der Waals surface area contributed by atoms with Crippen molar-refractivity contribution in [1.29, 1.82) is 0 Å². The highest BCUT2D eigenvalue weighted by Crippen LogP contribution is 2.20. The Balaban J connectivity index is 1.48. The molecule has 1 aliphatic heterocycles. The number of aliphatic imine (C=N–C) groups is 2. The average molecular weight is 1130 g/mol. The molecule has 4 rings (SSSR count). The minimum absolute atomic E-state index is 0.0635. The fourth-order valence-corrected chi connectivity index (χ4v) is 8.59. The largest absolute Gasteiger partial charge is 0.480 e. The van der Waals surface area contributed by atoms with Crippen LogP contribution in [0.3, 0.4) is 0 Å². The van der Waals surface area contributed by atoms with Gasteiger partial charge in [-0.15, -0.1) is 0 Å².